The number of hydrogen-bond donors (Lipinski definition) is 2. The molecule has 0 bridgehead atoms. The van der Waals surface area contributed by atoms with Crippen LogP contribution in [0.2, 0.25) is 0 Å². The predicted octanol–water partition coefficient (Wildman–Crippen LogP) is 5.93. The fraction of sp³-hybridized carbons (Fsp3) is 0.250. The summed E-state index contributed by atoms with van der Waals surface area (Å²) in [6, 6.07) is 20.8. The van der Waals surface area contributed by atoms with Crippen molar-refractivity contribution in [3.8, 4) is 5.75 Å². The van der Waals surface area contributed by atoms with E-state index in [1.807, 2.05) is 53.9 Å². The molecule has 7 heteroatoms. The van der Waals surface area contributed by atoms with Gasteiger partial charge in [-0.15, -0.1) is 11.3 Å². The topological polar surface area (TPSA) is 80.3 Å². The maximum atomic E-state index is 12.6. The molecule has 0 aliphatic carbocycles. The van der Waals surface area contributed by atoms with E-state index in [9.17, 15) is 9.59 Å². The van der Waals surface area contributed by atoms with E-state index >= 15 is 0 Å². The number of fused-ring (bicyclic) bond motifs is 1. The van der Waals surface area contributed by atoms with E-state index in [0.29, 0.717) is 23.0 Å². The van der Waals surface area contributed by atoms with Gasteiger partial charge in [0, 0.05) is 10.9 Å². The molecule has 1 unspecified atom stereocenters. The molecular weight excluding hydrogens is 458 g/mol. The van der Waals surface area contributed by atoms with Gasteiger partial charge in [0.1, 0.15) is 18.4 Å². The van der Waals surface area contributed by atoms with E-state index in [-0.39, 0.29) is 17.2 Å². The minimum Gasteiger partial charge on any atom is -0.487 e. The molecule has 0 saturated heterocycles. The molecule has 0 spiro atoms. The summed E-state index contributed by atoms with van der Waals surface area (Å²) >= 11 is 1.32. The number of ether oxygens (including phenoxy) is 1. The Morgan fingerprint density at radius 2 is 1.71 bits per heavy atom. The number of benzene rings is 3. The summed E-state index contributed by atoms with van der Waals surface area (Å²) in [6.07, 6.45) is 0. The summed E-state index contributed by atoms with van der Waals surface area (Å²) in [6.45, 7) is 8.30. The zero-order chi connectivity index (χ0) is 25.0. The Bertz CT molecular complexity index is 1340. The van der Waals surface area contributed by atoms with Crippen molar-refractivity contribution in [3.63, 3.8) is 0 Å². The summed E-state index contributed by atoms with van der Waals surface area (Å²) in [5, 5.41) is 10.1. The maximum absolute atomic E-state index is 12.6. The summed E-state index contributed by atoms with van der Waals surface area (Å²) in [5.41, 5.74) is 2.38. The third kappa shape index (κ3) is 6.25. The molecule has 35 heavy (non-hydrogen) atoms. The third-order valence-electron chi connectivity index (χ3n) is 5.64. The molecule has 0 radical (unpaired) electrons. The molecule has 2 N–H and O–H groups in total. The SMILES string of the molecule is CC(NC(=O)c1ccc(C(C)(C)C)cc1)C(=O)Nc1nc(COc2ccc3ccccc3c2)cs1. The van der Waals surface area contributed by atoms with Gasteiger partial charge >= 0.3 is 0 Å². The van der Waals surface area contributed by atoms with Crippen LogP contribution in [0.5, 0.6) is 5.75 Å². The van der Waals surface area contributed by atoms with Crippen LogP contribution in [0.3, 0.4) is 0 Å². The van der Waals surface area contributed by atoms with E-state index in [0.717, 1.165) is 22.1 Å². The number of hydrogen-bond acceptors (Lipinski definition) is 5. The molecule has 3 aromatic carbocycles. The van der Waals surface area contributed by atoms with E-state index in [4.69, 9.17) is 4.74 Å². The summed E-state index contributed by atoms with van der Waals surface area (Å²) in [5.74, 6) is 0.131. The summed E-state index contributed by atoms with van der Waals surface area (Å²) < 4.78 is 5.87. The fourth-order valence-electron chi connectivity index (χ4n) is 3.53. The molecular formula is C28H29N3O3S. The average molecular weight is 488 g/mol. The summed E-state index contributed by atoms with van der Waals surface area (Å²) in [7, 11) is 0. The Balaban J connectivity index is 1.29. The van der Waals surface area contributed by atoms with Crippen LogP contribution in [0.15, 0.2) is 72.1 Å². The van der Waals surface area contributed by atoms with Crippen molar-refractivity contribution in [2.24, 2.45) is 0 Å². The van der Waals surface area contributed by atoms with Gasteiger partial charge in [0.2, 0.25) is 5.91 Å². The molecule has 0 saturated carbocycles. The Hall–Kier alpha value is -3.71. The number of carbonyl (C=O) groups excluding carboxylic acids is 2. The van der Waals surface area contributed by atoms with Gasteiger partial charge in [0.05, 0.1) is 5.69 Å². The van der Waals surface area contributed by atoms with Crippen LogP contribution in [-0.2, 0) is 16.8 Å². The molecule has 1 atom stereocenters. The first-order chi connectivity index (χ1) is 16.7. The molecule has 180 valence electrons. The van der Waals surface area contributed by atoms with Crippen molar-refractivity contribution in [1.29, 1.82) is 0 Å². The van der Waals surface area contributed by atoms with Crippen LogP contribution in [0.25, 0.3) is 10.8 Å². The molecule has 4 aromatic rings. The Morgan fingerprint density at radius 3 is 2.43 bits per heavy atom. The zero-order valence-corrected chi connectivity index (χ0v) is 21.1. The quantitative estimate of drug-likeness (QED) is 0.339. The minimum absolute atomic E-state index is 0.00919. The van der Waals surface area contributed by atoms with Gasteiger partial charge in [-0.05, 0) is 52.9 Å². The molecule has 4 rings (SSSR count). The first-order valence-electron chi connectivity index (χ1n) is 11.5. The highest BCUT2D eigenvalue weighted by molar-refractivity contribution is 7.13. The van der Waals surface area contributed by atoms with Gasteiger partial charge in [0.25, 0.3) is 5.91 Å². The number of amides is 2. The Labute approximate surface area is 209 Å². The van der Waals surface area contributed by atoms with Crippen LogP contribution in [0.4, 0.5) is 5.13 Å². The van der Waals surface area contributed by atoms with Crippen LogP contribution in [0.1, 0.15) is 49.3 Å². The second-order valence-corrected chi connectivity index (χ2v) is 10.3. The van der Waals surface area contributed by atoms with E-state index in [1.165, 1.54) is 11.3 Å². The van der Waals surface area contributed by atoms with Gasteiger partial charge in [-0.1, -0.05) is 63.2 Å². The molecule has 0 aliphatic rings. The van der Waals surface area contributed by atoms with E-state index in [1.54, 1.807) is 19.1 Å². The number of rotatable bonds is 7. The van der Waals surface area contributed by atoms with Crippen LogP contribution < -0.4 is 15.4 Å². The lowest BCUT2D eigenvalue weighted by molar-refractivity contribution is -0.117. The Kier molecular flexibility index (Phi) is 7.17. The van der Waals surface area contributed by atoms with E-state index < -0.39 is 6.04 Å². The van der Waals surface area contributed by atoms with Crippen molar-refractivity contribution in [3.05, 3.63) is 88.9 Å². The molecule has 1 aromatic heterocycles. The second kappa shape index (κ2) is 10.3. The molecule has 0 aliphatic heterocycles. The first-order valence-corrected chi connectivity index (χ1v) is 12.4. The number of anilines is 1. The van der Waals surface area contributed by atoms with Gasteiger partial charge in [-0.2, -0.15) is 0 Å². The first kappa shape index (κ1) is 24.4. The predicted molar refractivity (Wildman–Crippen MR) is 141 cm³/mol. The highest BCUT2D eigenvalue weighted by Crippen LogP contribution is 2.23. The van der Waals surface area contributed by atoms with Crippen molar-refractivity contribution in [2.75, 3.05) is 5.32 Å². The molecule has 1 heterocycles. The number of carbonyl (C=O) groups is 2. The van der Waals surface area contributed by atoms with Gasteiger partial charge < -0.3 is 15.4 Å². The number of nitrogens with zero attached hydrogens (tertiary/aromatic N) is 1. The minimum atomic E-state index is -0.717. The third-order valence-corrected chi connectivity index (χ3v) is 6.45. The number of nitrogens with one attached hydrogen (secondary N) is 2. The van der Waals surface area contributed by atoms with Gasteiger partial charge in [-0.25, -0.2) is 4.98 Å². The lowest BCUT2D eigenvalue weighted by Crippen LogP contribution is -2.41. The van der Waals surface area contributed by atoms with Crippen molar-refractivity contribution in [2.45, 2.75) is 45.8 Å². The number of aromatic nitrogens is 1. The van der Waals surface area contributed by atoms with Crippen LogP contribution >= 0.6 is 11.3 Å². The normalized spacial score (nSPS) is 12.2. The lowest BCUT2D eigenvalue weighted by Gasteiger charge is -2.19. The molecule has 0 fully saturated rings. The highest BCUT2D eigenvalue weighted by Gasteiger charge is 2.19. The lowest BCUT2D eigenvalue weighted by atomic mass is 9.86. The Morgan fingerprint density at radius 1 is 1.00 bits per heavy atom. The highest BCUT2D eigenvalue weighted by atomic mass is 32.1. The average Bonchev–Trinajstić information content (AvgIpc) is 3.29. The van der Waals surface area contributed by atoms with Gasteiger partial charge in [0.15, 0.2) is 5.13 Å². The number of thiazole rings is 1. The van der Waals surface area contributed by atoms with E-state index in [2.05, 4.69) is 42.5 Å². The van der Waals surface area contributed by atoms with Crippen LogP contribution in [0, 0.1) is 0 Å². The molecule has 6 nitrogen and oxygen atoms in total. The van der Waals surface area contributed by atoms with Crippen molar-refractivity contribution >= 4 is 39.1 Å². The monoisotopic (exact) mass is 487 g/mol. The second-order valence-electron chi connectivity index (χ2n) is 9.45. The zero-order valence-electron chi connectivity index (χ0n) is 20.3. The van der Waals surface area contributed by atoms with Crippen LogP contribution in [-0.4, -0.2) is 22.8 Å². The largest absolute Gasteiger partial charge is 0.487 e. The van der Waals surface area contributed by atoms with Crippen molar-refractivity contribution in [1.82, 2.24) is 10.3 Å². The van der Waals surface area contributed by atoms with Crippen molar-refractivity contribution < 1.29 is 14.3 Å². The van der Waals surface area contributed by atoms with Gasteiger partial charge in [-0.3, -0.25) is 9.59 Å². The fourth-order valence-corrected chi connectivity index (χ4v) is 4.22. The summed E-state index contributed by atoms with van der Waals surface area (Å²) in [4.78, 5) is 29.6. The maximum Gasteiger partial charge on any atom is 0.251 e. The molecule has 2 amide bonds. The smallest absolute Gasteiger partial charge is 0.251 e. The standard InChI is InChI=1S/C28H29N3O3S/c1-18(29-26(33)20-9-12-22(13-10-20)28(2,3)4)25(32)31-27-30-23(17-35-27)16-34-24-14-11-19-7-5-6-8-21(19)15-24/h5-15,17-18H,16H2,1-4H3,(H,29,33)(H,30,31,32).